The Bertz CT molecular complexity index is 962. The highest BCUT2D eigenvalue weighted by molar-refractivity contribution is 8.00. The van der Waals surface area contributed by atoms with Crippen molar-refractivity contribution in [3.63, 3.8) is 0 Å². The van der Waals surface area contributed by atoms with E-state index < -0.39 is 17.3 Å². The monoisotopic (exact) mass is 373 g/mol. The average molecular weight is 373 g/mol. The van der Waals surface area contributed by atoms with Gasteiger partial charge >= 0.3 is 6.18 Å². The maximum absolute atomic E-state index is 13.1. The van der Waals surface area contributed by atoms with Gasteiger partial charge in [-0.3, -0.25) is 0 Å². The zero-order chi connectivity index (χ0) is 18.7. The SMILES string of the molecule is Cc1ccc(CC(C#N)Sc2nc(C(F)(F)F)nc3ccccc23)cc1. The van der Waals surface area contributed by atoms with Crippen LogP contribution >= 0.6 is 11.8 Å². The van der Waals surface area contributed by atoms with Crippen molar-refractivity contribution in [3.8, 4) is 6.07 Å². The summed E-state index contributed by atoms with van der Waals surface area (Å²) < 4.78 is 39.3. The summed E-state index contributed by atoms with van der Waals surface area (Å²) in [5.41, 5.74) is 2.26. The minimum absolute atomic E-state index is 0.168. The van der Waals surface area contributed by atoms with E-state index in [0.29, 0.717) is 11.8 Å². The predicted octanol–water partition coefficient (Wildman–Crippen LogP) is 5.18. The first-order chi connectivity index (χ1) is 12.4. The lowest BCUT2D eigenvalue weighted by Crippen LogP contribution is -2.13. The Morgan fingerprint density at radius 2 is 1.77 bits per heavy atom. The van der Waals surface area contributed by atoms with Crippen LogP contribution in [0.2, 0.25) is 0 Å². The molecule has 1 heterocycles. The lowest BCUT2D eigenvalue weighted by atomic mass is 10.1. The molecule has 0 spiro atoms. The lowest BCUT2D eigenvalue weighted by Gasteiger charge is -2.13. The minimum Gasteiger partial charge on any atom is -0.224 e. The number of thioether (sulfide) groups is 1. The highest BCUT2D eigenvalue weighted by atomic mass is 32.2. The topological polar surface area (TPSA) is 49.6 Å². The van der Waals surface area contributed by atoms with Gasteiger partial charge in [-0.15, -0.1) is 0 Å². The number of aromatic nitrogens is 2. The molecular weight excluding hydrogens is 359 g/mol. The molecule has 0 amide bonds. The zero-order valence-electron chi connectivity index (χ0n) is 13.8. The van der Waals surface area contributed by atoms with E-state index in [4.69, 9.17) is 0 Å². The van der Waals surface area contributed by atoms with Crippen molar-refractivity contribution < 1.29 is 13.2 Å². The Balaban J connectivity index is 1.95. The summed E-state index contributed by atoms with van der Waals surface area (Å²) in [5.74, 6) is -1.19. The second-order valence-corrected chi connectivity index (χ2v) is 6.98. The van der Waals surface area contributed by atoms with Gasteiger partial charge in [-0.25, -0.2) is 9.97 Å². The van der Waals surface area contributed by atoms with Crippen molar-refractivity contribution in [2.24, 2.45) is 0 Å². The number of halogens is 3. The molecule has 2 aromatic carbocycles. The fourth-order valence-electron chi connectivity index (χ4n) is 2.45. The number of nitriles is 1. The van der Waals surface area contributed by atoms with E-state index in [1.165, 1.54) is 6.07 Å². The van der Waals surface area contributed by atoms with Gasteiger partial charge in [0.05, 0.1) is 11.6 Å². The number of fused-ring (bicyclic) bond motifs is 1. The van der Waals surface area contributed by atoms with Crippen LogP contribution in [0.4, 0.5) is 13.2 Å². The smallest absolute Gasteiger partial charge is 0.224 e. The highest BCUT2D eigenvalue weighted by Gasteiger charge is 2.35. The summed E-state index contributed by atoms with van der Waals surface area (Å²) >= 11 is 1.04. The number of alkyl halides is 3. The molecule has 3 rings (SSSR count). The van der Waals surface area contributed by atoms with E-state index in [1.54, 1.807) is 18.2 Å². The molecule has 1 unspecified atom stereocenters. The molecule has 1 aromatic heterocycles. The number of benzene rings is 2. The van der Waals surface area contributed by atoms with E-state index in [9.17, 15) is 18.4 Å². The van der Waals surface area contributed by atoms with Crippen LogP contribution in [0.15, 0.2) is 53.6 Å². The van der Waals surface area contributed by atoms with Crippen molar-refractivity contribution in [2.75, 3.05) is 0 Å². The summed E-state index contributed by atoms with van der Waals surface area (Å²) in [5, 5.41) is 9.59. The van der Waals surface area contributed by atoms with Crippen LogP contribution in [0.25, 0.3) is 10.9 Å². The largest absolute Gasteiger partial charge is 0.451 e. The van der Waals surface area contributed by atoms with Gasteiger partial charge in [-0.2, -0.15) is 18.4 Å². The summed E-state index contributed by atoms with van der Waals surface area (Å²) in [6.45, 7) is 1.96. The van der Waals surface area contributed by atoms with Crippen LogP contribution in [0, 0.1) is 18.3 Å². The Morgan fingerprint density at radius 3 is 2.42 bits per heavy atom. The molecule has 7 heteroatoms. The normalized spacial score (nSPS) is 12.7. The molecule has 0 aliphatic heterocycles. The standard InChI is InChI=1S/C19H14F3N3S/c1-12-6-8-13(9-7-12)10-14(11-23)26-17-15-4-2-3-5-16(15)24-18(25-17)19(20,21)22/h2-9,14H,10H2,1H3. The second-order valence-electron chi connectivity index (χ2n) is 5.79. The van der Waals surface area contributed by atoms with Gasteiger partial charge in [0.2, 0.25) is 5.82 Å². The van der Waals surface area contributed by atoms with Gasteiger partial charge in [-0.05, 0) is 25.0 Å². The number of aryl methyl sites for hydroxylation is 1. The van der Waals surface area contributed by atoms with Crippen molar-refractivity contribution in [1.29, 1.82) is 5.26 Å². The molecule has 0 radical (unpaired) electrons. The first-order valence-corrected chi connectivity index (χ1v) is 8.70. The highest BCUT2D eigenvalue weighted by Crippen LogP contribution is 2.34. The molecule has 0 aliphatic rings. The van der Waals surface area contributed by atoms with Crippen molar-refractivity contribution in [1.82, 2.24) is 9.97 Å². The summed E-state index contributed by atoms with van der Waals surface area (Å²) in [7, 11) is 0. The molecular formula is C19H14F3N3S. The molecule has 0 saturated heterocycles. The van der Waals surface area contributed by atoms with Gasteiger partial charge in [0, 0.05) is 5.39 Å². The summed E-state index contributed by atoms with van der Waals surface area (Å²) in [4.78, 5) is 7.29. The van der Waals surface area contributed by atoms with E-state index >= 15 is 0 Å². The van der Waals surface area contributed by atoms with Crippen LogP contribution in [0.3, 0.4) is 0 Å². The molecule has 1 atom stereocenters. The maximum atomic E-state index is 13.1. The maximum Gasteiger partial charge on any atom is 0.451 e. The molecule has 0 saturated carbocycles. The van der Waals surface area contributed by atoms with Crippen LogP contribution in [-0.4, -0.2) is 15.2 Å². The average Bonchev–Trinajstić information content (AvgIpc) is 2.62. The Labute approximate surface area is 152 Å². The first kappa shape index (κ1) is 18.2. The van der Waals surface area contributed by atoms with Crippen LogP contribution in [-0.2, 0) is 12.6 Å². The van der Waals surface area contributed by atoms with Gasteiger partial charge in [-0.1, -0.05) is 59.8 Å². The third-order valence-electron chi connectivity index (χ3n) is 3.76. The minimum atomic E-state index is -4.64. The number of rotatable bonds is 4. The Kier molecular flexibility index (Phi) is 5.14. The fraction of sp³-hybridized carbons (Fsp3) is 0.211. The van der Waals surface area contributed by atoms with Gasteiger partial charge < -0.3 is 0 Å². The third kappa shape index (κ3) is 4.14. The van der Waals surface area contributed by atoms with Crippen LogP contribution in [0.5, 0.6) is 0 Å². The van der Waals surface area contributed by atoms with Crippen molar-refractivity contribution in [3.05, 3.63) is 65.5 Å². The number of hydrogen-bond donors (Lipinski definition) is 0. The van der Waals surface area contributed by atoms with E-state index in [1.807, 2.05) is 31.2 Å². The molecule has 3 aromatic rings. The molecule has 132 valence electrons. The molecule has 0 bridgehead atoms. The third-order valence-corrected chi connectivity index (χ3v) is 4.85. The number of para-hydroxylation sites is 1. The molecule has 0 aliphatic carbocycles. The molecule has 3 nitrogen and oxygen atoms in total. The van der Waals surface area contributed by atoms with E-state index in [-0.39, 0.29) is 10.5 Å². The quantitative estimate of drug-likeness (QED) is 0.467. The fourth-order valence-corrected chi connectivity index (χ4v) is 3.49. The van der Waals surface area contributed by atoms with Crippen LogP contribution in [0.1, 0.15) is 17.0 Å². The Morgan fingerprint density at radius 1 is 1.08 bits per heavy atom. The van der Waals surface area contributed by atoms with Crippen molar-refractivity contribution >= 4 is 22.7 Å². The molecule has 26 heavy (non-hydrogen) atoms. The zero-order valence-corrected chi connectivity index (χ0v) is 14.6. The number of nitrogens with zero attached hydrogens (tertiary/aromatic N) is 3. The second kappa shape index (κ2) is 7.34. The summed E-state index contributed by atoms with van der Waals surface area (Å²) in [6.07, 6.45) is -4.22. The molecule has 0 fully saturated rings. The lowest BCUT2D eigenvalue weighted by molar-refractivity contribution is -0.145. The van der Waals surface area contributed by atoms with E-state index in [0.717, 1.165) is 22.9 Å². The van der Waals surface area contributed by atoms with Crippen LogP contribution < -0.4 is 0 Å². The first-order valence-electron chi connectivity index (χ1n) is 7.82. The van der Waals surface area contributed by atoms with Crippen molar-refractivity contribution in [2.45, 2.75) is 29.8 Å². The van der Waals surface area contributed by atoms with Gasteiger partial charge in [0.1, 0.15) is 10.3 Å². The van der Waals surface area contributed by atoms with E-state index in [2.05, 4.69) is 16.0 Å². The summed E-state index contributed by atoms with van der Waals surface area (Å²) in [6, 6.07) is 16.4. The molecule has 0 N–H and O–H groups in total. The van der Waals surface area contributed by atoms with Gasteiger partial charge in [0.25, 0.3) is 0 Å². The number of hydrogen-bond acceptors (Lipinski definition) is 4. The Hall–Kier alpha value is -2.59. The van der Waals surface area contributed by atoms with Gasteiger partial charge in [0.15, 0.2) is 0 Å². The predicted molar refractivity (Wildman–Crippen MR) is 94.7 cm³/mol.